The first-order valence-electron chi connectivity index (χ1n) is 11.6. The number of hydrogen-bond acceptors (Lipinski definition) is 8. The van der Waals surface area contributed by atoms with Crippen molar-refractivity contribution in [3.63, 3.8) is 0 Å². The highest BCUT2D eigenvalue weighted by Crippen LogP contribution is 2.61. The van der Waals surface area contributed by atoms with Crippen molar-refractivity contribution >= 4 is 5.97 Å². The van der Waals surface area contributed by atoms with Crippen LogP contribution in [-0.2, 0) is 20.7 Å². The Balaban J connectivity index is 1.34. The number of aliphatic hydroxyl groups is 3. The number of rotatable bonds is 3. The van der Waals surface area contributed by atoms with E-state index in [0.29, 0.717) is 23.5 Å². The third-order valence-corrected chi connectivity index (χ3v) is 8.72. The van der Waals surface area contributed by atoms with Crippen LogP contribution in [0.5, 0.6) is 5.75 Å². The van der Waals surface area contributed by atoms with Crippen LogP contribution < -0.4 is 5.11 Å². The summed E-state index contributed by atoms with van der Waals surface area (Å²) in [6, 6.07) is 5.71. The number of aliphatic hydroxyl groups excluding tert-OH is 3. The smallest absolute Gasteiger partial charge is 0.187 e. The van der Waals surface area contributed by atoms with Crippen molar-refractivity contribution in [3.05, 3.63) is 29.3 Å². The lowest BCUT2D eigenvalue weighted by Crippen LogP contribution is -2.63. The molecule has 0 amide bonds. The molecule has 1 aliphatic heterocycles. The molecule has 0 bridgehead atoms. The van der Waals surface area contributed by atoms with Crippen LogP contribution in [0.3, 0.4) is 0 Å². The highest BCUT2D eigenvalue weighted by molar-refractivity contribution is 5.71. The molecule has 3 fully saturated rings. The van der Waals surface area contributed by atoms with E-state index in [2.05, 4.69) is 13.0 Å². The standard InChI is InChI=1S/C24H32O8/c1-24-9-8-14-13-5-3-12(25)10-11(13)2-4-15(14)16(24)6-7-17(24)31-23-20(28)18(26)19(27)21(32-23)22(29)30/h3,5,10,14-21,23,25-28H,2,4,6-9H2,1H3,(H,29,30)/p-1/t14-,15-,16+,17+,18+,19-,20-,21+,23-,24+/m1/s1. The van der Waals surface area contributed by atoms with E-state index >= 15 is 0 Å². The fraction of sp³-hybridized carbons (Fsp3) is 0.708. The number of phenolic OH excluding ortho intramolecular Hbond substituents is 1. The molecular weight excluding hydrogens is 416 g/mol. The van der Waals surface area contributed by atoms with Gasteiger partial charge in [-0.05, 0) is 85.0 Å². The monoisotopic (exact) mass is 447 g/mol. The van der Waals surface area contributed by atoms with Crippen LogP contribution in [0.4, 0.5) is 0 Å². The van der Waals surface area contributed by atoms with E-state index in [9.17, 15) is 30.3 Å². The normalized spacial score (nSPS) is 45.6. The molecule has 4 N–H and O–H groups in total. The lowest BCUT2D eigenvalue weighted by atomic mass is 9.55. The summed E-state index contributed by atoms with van der Waals surface area (Å²) in [5, 5.41) is 51.5. The van der Waals surface area contributed by atoms with Gasteiger partial charge in [0, 0.05) is 0 Å². The fourth-order valence-corrected chi connectivity index (χ4v) is 7.06. The number of ether oxygens (including phenoxy) is 2. The molecule has 1 aromatic rings. The summed E-state index contributed by atoms with van der Waals surface area (Å²) < 4.78 is 11.5. The summed E-state index contributed by atoms with van der Waals surface area (Å²) in [5.41, 5.74) is 2.42. The van der Waals surface area contributed by atoms with Crippen LogP contribution in [-0.4, -0.2) is 63.2 Å². The molecule has 0 unspecified atom stereocenters. The summed E-state index contributed by atoms with van der Waals surface area (Å²) in [6.07, 6.45) is -2.75. The summed E-state index contributed by atoms with van der Waals surface area (Å²) >= 11 is 0. The number of phenols is 1. The van der Waals surface area contributed by atoms with E-state index in [1.54, 1.807) is 6.07 Å². The average Bonchev–Trinajstić information content (AvgIpc) is 3.09. The summed E-state index contributed by atoms with van der Waals surface area (Å²) in [4.78, 5) is 11.3. The molecule has 5 rings (SSSR count). The maximum Gasteiger partial charge on any atom is 0.187 e. The number of fused-ring (bicyclic) bond motifs is 5. The first kappa shape index (κ1) is 22.1. The quantitative estimate of drug-likeness (QED) is 0.515. The first-order chi connectivity index (χ1) is 15.2. The number of aromatic hydroxyl groups is 1. The van der Waals surface area contributed by atoms with Crippen molar-refractivity contribution in [1.29, 1.82) is 0 Å². The van der Waals surface area contributed by atoms with Gasteiger partial charge < -0.3 is 39.8 Å². The minimum Gasteiger partial charge on any atom is -0.547 e. The number of carbonyl (C=O) groups excluding carboxylic acids is 1. The largest absolute Gasteiger partial charge is 0.547 e. The van der Waals surface area contributed by atoms with Gasteiger partial charge in [-0.3, -0.25) is 0 Å². The van der Waals surface area contributed by atoms with Gasteiger partial charge in [-0.25, -0.2) is 0 Å². The Labute approximate surface area is 186 Å². The van der Waals surface area contributed by atoms with Crippen LogP contribution in [0.25, 0.3) is 0 Å². The zero-order valence-electron chi connectivity index (χ0n) is 18.1. The molecule has 2 saturated carbocycles. The predicted octanol–water partition coefficient (Wildman–Crippen LogP) is 0.191. The van der Waals surface area contributed by atoms with E-state index in [1.165, 1.54) is 11.1 Å². The molecule has 8 nitrogen and oxygen atoms in total. The molecule has 1 saturated heterocycles. The van der Waals surface area contributed by atoms with Crippen LogP contribution in [0.2, 0.25) is 0 Å². The minimum atomic E-state index is -1.78. The Morgan fingerprint density at radius 1 is 1.12 bits per heavy atom. The first-order valence-corrected chi connectivity index (χ1v) is 11.6. The molecule has 3 aliphatic carbocycles. The minimum absolute atomic E-state index is 0.156. The second-order valence-electron chi connectivity index (χ2n) is 10.3. The Morgan fingerprint density at radius 2 is 1.91 bits per heavy atom. The van der Waals surface area contributed by atoms with Crippen LogP contribution in [0.15, 0.2) is 18.2 Å². The second kappa shape index (κ2) is 7.95. The Bertz CT molecular complexity index is 889. The molecule has 0 spiro atoms. The van der Waals surface area contributed by atoms with Crippen LogP contribution >= 0.6 is 0 Å². The van der Waals surface area contributed by atoms with Crippen molar-refractivity contribution in [2.45, 2.75) is 88.2 Å². The van der Waals surface area contributed by atoms with Gasteiger partial charge in [0.2, 0.25) is 0 Å². The van der Waals surface area contributed by atoms with Gasteiger partial charge in [-0.2, -0.15) is 0 Å². The highest BCUT2D eigenvalue weighted by Gasteiger charge is 2.57. The number of carboxylic acid groups (broad SMARTS) is 1. The van der Waals surface area contributed by atoms with Crippen molar-refractivity contribution in [2.24, 2.45) is 17.3 Å². The number of carbonyl (C=O) groups is 1. The van der Waals surface area contributed by atoms with Crippen LogP contribution in [0.1, 0.15) is 56.1 Å². The zero-order chi connectivity index (χ0) is 22.8. The molecule has 176 valence electrons. The van der Waals surface area contributed by atoms with Gasteiger partial charge >= 0.3 is 0 Å². The maximum absolute atomic E-state index is 11.3. The van der Waals surface area contributed by atoms with Crippen LogP contribution in [0, 0.1) is 17.3 Å². The Hall–Kier alpha value is -1.71. The highest BCUT2D eigenvalue weighted by atomic mass is 16.7. The molecule has 0 radical (unpaired) electrons. The zero-order valence-corrected chi connectivity index (χ0v) is 18.1. The summed E-state index contributed by atoms with van der Waals surface area (Å²) in [7, 11) is 0. The average molecular weight is 448 g/mol. The number of benzene rings is 1. The fourth-order valence-electron chi connectivity index (χ4n) is 7.06. The number of aryl methyl sites for hydroxylation is 1. The van der Waals surface area contributed by atoms with E-state index in [1.807, 2.05) is 6.07 Å². The molecule has 0 aromatic heterocycles. The van der Waals surface area contributed by atoms with E-state index in [4.69, 9.17) is 9.47 Å². The number of hydrogen-bond donors (Lipinski definition) is 4. The predicted molar refractivity (Wildman–Crippen MR) is 109 cm³/mol. The van der Waals surface area contributed by atoms with Gasteiger partial charge in [-0.1, -0.05) is 13.0 Å². The molecular formula is C24H31O8-. The van der Waals surface area contributed by atoms with Gasteiger partial charge in [0.05, 0.1) is 12.1 Å². The van der Waals surface area contributed by atoms with Crippen molar-refractivity contribution < 1.29 is 39.8 Å². The molecule has 10 atom stereocenters. The van der Waals surface area contributed by atoms with E-state index < -0.39 is 36.7 Å². The lowest BCUT2D eigenvalue weighted by molar-refractivity contribution is -0.355. The number of carboxylic acids is 1. The molecule has 32 heavy (non-hydrogen) atoms. The summed E-state index contributed by atoms with van der Waals surface area (Å²) in [6.45, 7) is 2.20. The summed E-state index contributed by atoms with van der Waals surface area (Å²) in [5.74, 6) is 0.0267. The molecule has 1 aromatic carbocycles. The topological polar surface area (TPSA) is 140 Å². The third-order valence-electron chi connectivity index (χ3n) is 8.72. The lowest BCUT2D eigenvalue weighted by Gasteiger charge is -2.51. The molecule has 1 heterocycles. The molecule has 4 aliphatic rings. The third kappa shape index (κ3) is 3.35. The number of aliphatic carboxylic acids is 1. The van der Waals surface area contributed by atoms with Crippen molar-refractivity contribution in [1.82, 2.24) is 0 Å². The Morgan fingerprint density at radius 3 is 2.66 bits per heavy atom. The van der Waals surface area contributed by atoms with Gasteiger partial charge in [-0.15, -0.1) is 0 Å². The van der Waals surface area contributed by atoms with Gasteiger partial charge in [0.25, 0.3) is 0 Å². The maximum atomic E-state index is 11.3. The van der Waals surface area contributed by atoms with E-state index in [-0.39, 0.29) is 11.5 Å². The molecule has 8 heteroatoms. The Kier molecular flexibility index (Phi) is 5.49. The van der Waals surface area contributed by atoms with Gasteiger partial charge in [0.1, 0.15) is 30.2 Å². The van der Waals surface area contributed by atoms with Crippen molar-refractivity contribution in [3.8, 4) is 5.75 Å². The second-order valence-corrected chi connectivity index (χ2v) is 10.3. The van der Waals surface area contributed by atoms with Gasteiger partial charge in [0.15, 0.2) is 6.29 Å². The van der Waals surface area contributed by atoms with E-state index in [0.717, 1.165) is 38.5 Å². The SMILES string of the molecule is C[C@]12CC[C@@H]3c4ccc(O)cc4CC[C@H]3[C@@H]1CC[C@@H]2O[C@@H]1O[C@H](C(=O)[O-])[C@H](O)[C@H](O)[C@H]1O. The van der Waals surface area contributed by atoms with Crippen molar-refractivity contribution in [2.75, 3.05) is 0 Å².